The van der Waals surface area contributed by atoms with E-state index < -0.39 is 10.1 Å². The van der Waals surface area contributed by atoms with Gasteiger partial charge in [-0.05, 0) is 31.0 Å². The summed E-state index contributed by atoms with van der Waals surface area (Å²) in [5, 5.41) is 6.62. The van der Waals surface area contributed by atoms with Crippen LogP contribution in [0.15, 0.2) is 23.1 Å². The van der Waals surface area contributed by atoms with E-state index in [1.54, 1.807) is 6.07 Å². The van der Waals surface area contributed by atoms with Gasteiger partial charge in [-0.1, -0.05) is 84.0 Å². The van der Waals surface area contributed by atoms with Crippen LogP contribution in [0.3, 0.4) is 0 Å². The quantitative estimate of drug-likeness (QED) is 0.245. The zero-order chi connectivity index (χ0) is 20.2. The molecule has 1 aliphatic rings. The van der Waals surface area contributed by atoms with Crippen LogP contribution in [0.2, 0.25) is 0 Å². The molecule has 0 bridgehead atoms. The fraction of sp³-hybridized carbons (Fsp3) is 0.727. The van der Waals surface area contributed by atoms with E-state index >= 15 is 0 Å². The summed E-state index contributed by atoms with van der Waals surface area (Å²) in [6.07, 6.45) is 18.6. The first-order chi connectivity index (χ1) is 13.5. The second kappa shape index (κ2) is 15.2. The van der Waals surface area contributed by atoms with Crippen molar-refractivity contribution >= 4 is 21.5 Å². The molecule has 1 unspecified atom stereocenters. The first kappa shape index (κ1) is 27.4. The zero-order valence-electron chi connectivity index (χ0n) is 18.3. The summed E-state index contributed by atoms with van der Waals surface area (Å²) in [5.74, 6) is 0. The summed E-state index contributed by atoms with van der Waals surface area (Å²) in [5.41, 5.74) is 1.57. The number of rotatable bonds is 15. The van der Waals surface area contributed by atoms with E-state index in [4.69, 9.17) is 0 Å². The van der Waals surface area contributed by atoms with Gasteiger partial charge in [0.15, 0.2) is 0 Å². The van der Waals surface area contributed by atoms with Gasteiger partial charge in [-0.3, -0.25) is 0 Å². The predicted molar refractivity (Wildman–Crippen MR) is 116 cm³/mol. The van der Waals surface area contributed by atoms with Crippen LogP contribution in [0.4, 0.5) is 11.4 Å². The molecule has 0 saturated carbocycles. The maximum absolute atomic E-state index is 11.1. The van der Waals surface area contributed by atoms with Crippen LogP contribution in [0.25, 0.3) is 0 Å². The second-order valence-corrected chi connectivity index (χ2v) is 9.41. The zero-order valence-corrected chi connectivity index (χ0v) is 22.3. The minimum atomic E-state index is -4.40. The summed E-state index contributed by atoms with van der Waals surface area (Å²) >= 11 is 0. The molecule has 0 fully saturated rings. The number of anilines is 2. The van der Waals surface area contributed by atoms with Crippen LogP contribution in [-0.2, 0) is 10.1 Å². The van der Waals surface area contributed by atoms with Gasteiger partial charge in [-0.2, -0.15) is 0 Å². The van der Waals surface area contributed by atoms with Gasteiger partial charge in [0.25, 0.3) is 0 Å². The first-order valence-corrected chi connectivity index (χ1v) is 12.5. The fourth-order valence-corrected chi connectivity index (χ4v) is 4.34. The average molecular weight is 449 g/mol. The van der Waals surface area contributed by atoms with Crippen LogP contribution >= 0.6 is 0 Å². The van der Waals surface area contributed by atoms with E-state index in [-0.39, 0.29) is 62.4 Å². The Labute approximate surface area is 220 Å². The summed E-state index contributed by atoms with van der Waals surface area (Å²) in [6.45, 7) is 2.26. The summed E-state index contributed by atoms with van der Waals surface area (Å²) in [7, 11) is -4.40. The van der Waals surface area contributed by atoms with Crippen molar-refractivity contribution in [2.75, 3.05) is 10.6 Å². The fourth-order valence-electron chi connectivity index (χ4n) is 3.85. The van der Waals surface area contributed by atoms with Gasteiger partial charge in [-0.15, -0.1) is 0 Å². The average Bonchev–Trinajstić information content (AvgIpc) is 3.06. The van der Waals surface area contributed by atoms with E-state index in [9.17, 15) is 13.0 Å². The first-order valence-electron chi connectivity index (χ1n) is 11.1. The molecule has 0 aliphatic carbocycles. The molecule has 2 N–H and O–H groups in total. The Morgan fingerprint density at radius 1 is 0.793 bits per heavy atom. The minimum Gasteiger partial charge on any atom is -0.744 e. The smallest absolute Gasteiger partial charge is 0.744 e. The third kappa shape index (κ3) is 11.0. The Kier molecular flexibility index (Phi) is 14.4. The number of nitrogens with one attached hydrogen (secondary N) is 2. The Hall–Kier alpha value is 0.366. The van der Waals surface area contributed by atoms with E-state index in [0.717, 1.165) is 18.5 Å². The van der Waals surface area contributed by atoms with Gasteiger partial charge >= 0.3 is 51.4 Å². The van der Waals surface area contributed by atoms with Crippen molar-refractivity contribution in [1.82, 2.24) is 0 Å². The van der Waals surface area contributed by atoms with Crippen LogP contribution < -0.4 is 62.0 Å². The molecule has 0 spiro atoms. The molecule has 2 rings (SSSR count). The molecule has 0 aromatic heterocycles. The third-order valence-electron chi connectivity index (χ3n) is 5.54. The van der Waals surface area contributed by atoms with E-state index in [1.165, 1.54) is 89.2 Å². The Morgan fingerprint density at radius 3 is 1.79 bits per heavy atom. The van der Waals surface area contributed by atoms with Crippen molar-refractivity contribution in [1.29, 1.82) is 0 Å². The van der Waals surface area contributed by atoms with E-state index in [1.807, 2.05) is 0 Å². The molecule has 1 aromatic rings. The molecule has 0 amide bonds. The van der Waals surface area contributed by atoms with Crippen LogP contribution in [0.1, 0.15) is 96.8 Å². The molecule has 0 radical (unpaired) electrons. The van der Waals surface area contributed by atoms with Crippen LogP contribution in [-0.4, -0.2) is 19.1 Å². The summed E-state index contributed by atoms with van der Waals surface area (Å²) in [6, 6.07) is 4.45. The van der Waals surface area contributed by atoms with Gasteiger partial charge in [0.1, 0.15) is 10.1 Å². The molecule has 7 heteroatoms. The summed E-state index contributed by atoms with van der Waals surface area (Å²) < 4.78 is 33.4. The number of hydrogen-bond acceptors (Lipinski definition) is 5. The summed E-state index contributed by atoms with van der Waals surface area (Å²) in [4.78, 5) is -0.179. The van der Waals surface area contributed by atoms with E-state index in [2.05, 4.69) is 17.6 Å². The number of fused-ring (bicyclic) bond motifs is 1. The van der Waals surface area contributed by atoms with Crippen molar-refractivity contribution in [2.24, 2.45) is 0 Å². The maximum Gasteiger partial charge on any atom is 1.00 e. The molecule has 5 nitrogen and oxygen atoms in total. The third-order valence-corrected chi connectivity index (χ3v) is 6.37. The Bertz CT molecular complexity index is 683. The van der Waals surface area contributed by atoms with Gasteiger partial charge in [-0.25, -0.2) is 8.42 Å². The van der Waals surface area contributed by atoms with Gasteiger partial charge in [0.05, 0.1) is 22.4 Å². The Morgan fingerprint density at radius 2 is 1.28 bits per heavy atom. The van der Waals surface area contributed by atoms with Crippen molar-refractivity contribution in [3.05, 3.63) is 18.2 Å². The molecule has 1 aliphatic heterocycles. The van der Waals surface area contributed by atoms with Gasteiger partial charge < -0.3 is 15.2 Å². The van der Waals surface area contributed by atoms with Crippen molar-refractivity contribution in [2.45, 2.75) is 108 Å². The molecular weight excluding hydrogens is 411 g/mol. The Balaban J connectivity index is 0.00000420. The molecular formula is C22H37KN2O3S. The van der Waals surface area contributed by atoms with Crippen LogP contribution in [0, 0.1) is 0 Å². The monoisotopic (exact) mass is 448 g/mol. The molecule has 0 saturated heterocycles. The largest absolute Gasteiger partial charge is 1.00 e. The van der Waals surface area contributed by atoms with Gasteiger partial charge in [0, 0.05) is 0 Å². The van der Waals surface area contributed by atoms with Crippen LogP contribution in [0.5, 0.6) is 0 Å². The molecule has 1 heterocycles. The predicted octanol–water partition coefficient (Wildman–Crippen LogP) is 3.24. The SMILES string of the molecule is CCCCCCCCCCCCCCCC1Nc2ccc(S(=O)(=O)[O-])cc2N1.[K+]. The minimum absolute atomic E-state index is 0. The maximum atomic E-state index is 11.1. The number of unbranched alkanes of at least 4 members (excludes halogenated alkanes) is 12. The second-order valence-electron chi connectivity index (χ2n) is 8.03. The topological polar surface area (TPSA) is 81.3 Å². The number of hydrogen-bond donors (Lipinski definition) is 2. The molecule has 1 atom stereocenters. The van der Waals surface area contributed by atoms with Gasteiger partial charge in [0.2, 0.25) is 0 Å². The van der Waals surface area contributed by atoms with Crippen molar-refractivity contribution in [3.8, 4) is 0 Å². The van der Waals surface area contributed by atoms with Crippen molar-refractivity contribution in [3.63, 3.8) is 0 Å². The standard InChI is InChI=1S/C22H38N2O3S.K/c1-2-3-4-5-6-7-8-9-10-11-12-13-14-15-22-23-20-17-16-19(28(25,26)27)18-21(20)24-22;/h16-18,22-24H,2-15H2,1H3,(H,25,26,27);/q;+1/p-1. The van der Waals surface area contributed by atoms with E-state index in [0.29, 0.717) is 5.69 Å². The molecule has 1 aromatic carbocycles. The molecule has 29 heavy (non-hydrogen) atoms. The normalized spacial score (nSPS) is 15.3. The number of benzene rings is 1. The van der Waals surface area contributed by atoms with Crippen molar-refractivity contribution < 1.29 is 64.4 Å². The molecule has 160 valence electrons.